The first-order valence-corrected chi connectivity index (χ1v) is 7.48. The number of β-amino-alcohol motifs (C(OH)–C–C–N with tert-alkyl or cyclic N) is 1. The van der Waals surface area contributed by atoms with Gasteiger partial charge in [0.1, 0.15) is 5.60 Å². The predicted octanol–water partition coefficient (Wildman–Crippen LogP) is 2.33. The molecule has 1 aliphatic rings. The molecular formula is C14H21NOS. The van der Waals surface area contributed by atoms with Gasteiger partial charge in [-0.25, -0.2) is 0 Å². The van der Waals surface area contributed by atoms with Crippen molar-refractivity contribution in [2.75, 3.05) is 31.1 Å². The highest BCUT2D eigenvalue weighted by atomic mass is 32.2. The van der Waals surface area contributed by atoms with Crippen LogP contribution in [0.4, 0.5) is 0 Å². The number of hydrogen-bond donors (Lipinski definition) is 1. The van der Waals surface area contributed by atoms with Gasteiger partial charge < -0.3 is 5.11 Å². The molecule has 0 bridgehead atoms. The largest absolute Gasteiger partial charge is 0.384 e. The van der Waals surface area contributed by atoms with Crippen LogP contribution in [0.25, 0.3) is 0 Å². The molecule has 0 spiro atoms. The molecule has 94 valence electrons. The van der Waals surface area contributed by atoms with E-state index in [1.165, 1.54) is 11.5 Å². The molecule has 1 N–H and O–H groups in total. The lowest BCUT2D eigenvalue weighted by Crippen LogP contribution is -2.31. The minimum Gasteiger partial charge on any atom is -0.384 e. The number of nitrogens with zero attached hydrogens (tertiary/aromatic N) is 1. The third-order valence-electron chi connectivity index (χ3n) is 3.39. The van der Waals surface area contributed by atoms with Crippen molar-refractivity contribution in [2.24, 2.45) is 0 Å². The van der Waals surface area contributed by atoms with E-state index >= 15 is 0 Å². The molecule has 0 aromatic heterocycles. The van der Waals surface area contributed by atoms with E-state index in [0.717, 1.165) is 31.6 Å². The minimum absolute atomic E-state index is 0.627. The van der Waals surface area contributed by atoms with Crippen molar-refractivity contribution in [1.29, 1.82) is 0 Å². The average Bonchev–Trinajstić information content (AvgIpc) is 2.74. The fourth-order valence-corrected chi connectivity index (χ4v) is 3.06. The first-order valence-electron chi connectivity index (χ1n) is 6.32. The molecule has 0 saturated carbocycles. The maximum Gasteiger partial charge on any atom is 0.103 e. The number of aliphatic hydroxyl groups is 1. The van der Waals surface area contributed by atoms with Crippen LogP contribution in [0, 0.1) is 0 Å². The van der Waals surface area contributed by atoms with Crippen molar-refractivity contribution in [3.63, 3.8) is 0 Å². The van der Waals surface area contributed by atoms with E-state index in [0.29, 0.717) is 0 Å². The van der Waals surface area contributed by atoms with E-state index < -0.39 is 5.60 Å². The Morgan fingerprint density at radius 3 is 2.82 bits per heavy atom. The molecule has 1 heterocycles. The minimum atomic E-state index is -0.627. The van der Waals surface area contributed by atoms with Crippen LogP contribution in [-0.4, -0.2) is 41.1 Å². The van der Waals surface area contributed by atoms with Gasteiger partial charge in [0.25, 0.3) is 0 Å². The molecule has 0 amide bonds. The summed E-state index contributed by atoms with van der Waals surface area (Å²) >= 11 is 1.97. The fourth-order valence-electron chi connectivity index (χ4n) is 2.38. The standard InChI is InChI=1S/C14H21NOS/c1-2-17-11-10-15-9-8-14(16,12-15)13-6-4-3-5-7-13/h3-7,16H,2,8-12H2,1H3/t14-/m0/s1. The van der Waals surface area contributed by atoms with Crippen LogP contribution in [-0.2, 0) is 5.60 Å². The van der Waals surface area contributed by atoms with Gasteiger partial charge in [-0.1, -0.05) is 37.3 Å². The second kappa shape index (κ2) is 5.89. The Bertz CT molecular complexity index is 343. The molecule has 0 aliphatic carbocycles. The maximum absolute atomic E-state index is 10.6. The van der Waals surface area contributed by atoms with Gasteiger partial charge in [0, 0.05) is 25.4 Å². The Morgan fingerprint density at radius 1 is 1.35 bits per heavy atom. The molecule has 2 nitrogen and oxygen atoms in total. The topological polar surface area (TPSA) is 23.5 Å². The summed E-state index contributed by atoms with van der Waals surface area (Å²) in [6.07, 6.45) is 0.855. The molecule has 17 heavy (non-hydrogen) atoms. The molecular weight excluding hydrogens is 230 g/mol. The number of thioether (sulfide) groups is 1. The van der Waals surface area contributed by atoms with Crippen LogP contribution in [0.5, 0.6) is 0 Å². The number of benzene rings is 1. The highest BCUT2D eigenvalue weighted by molar-refractivity contribution is 7.99. The normalized spacial score (nSPS) is 25.3. The molecule has 3 heteroatoms. The number of rotatable bonds is 5. The molecule has 0 unspecified atom stereocenters. The summed E-state index contributed by atoms with van der Waals surface area (Å²) < 4.78 is 0. The summed E-state index contributed by atoms with van der Waals surface area (Å²) in [6.45, 7) is 5.07. The number of likely N-dealkylation sites (tertiary alicyclic amines) is 1. The fraction of sp³-hybridized carbons (Fsp3) is 0.571. The Hall–Kier alpha value is -0.510. The Labute approximate surface area is 108 Å². The summed E-state index contributed by atoms with van der Waals surface area (Å²) in [5.41, 5.74) is 0.434. The van der Waals surface area contributed by atoms with Crippen LogP contribution in [0.1, 0.15) is 18.9 Å². The van der Waals surface area contributed by atoms with Crippen LogP contribution in [0.2, 0.25) is 0 Å². The third-order valence-corrected chi connectivity index (χ3v) is 4.27. The average molecular weight is 251 g/mol. The predicted molar refractivity (Wildman–Crippen MR) is 74.4 cm³/mol. The lowest BCUT2D eigenvalue weighted by Gasteiger charge is -2.24. The SMILES string of the molecule is CCSCCN1CC[C@@](O)(c2ccccc2)C1. The lowest BCUT2D eigenvalue weighted by molar-refractivity contribution is 0.0469. The quantitative estimate of drug-likeness (QED) is 0.813. The molecule has 0 radical (unpaired) electrons. The van der Waals surface area contributed by atoms with Crippen molar-refractivity contribution in [3.8, 4) is 0 Å². The highest BCUT2D eigenvalue weighted by Gasteiger charge is 2.36. The molecule has 1 aromatic carbocycles. The highest BCUT2D eigenvalue weighted by Crippen LogP contribution is 2.31. The second-order valence-electron chi connectivity index (χ2n) is 4.62. The zero-order valence-electron chi connectivity index (χ0n) is 10.4. The van der Waals surface area contributed by atoms with E-state index in [-0.39, 0.29) is 0 Å². The van der Waals surface area contributed by atoms with Crippen molar-refractivity contribution < 1.29 is 5.11 Å². The second-order valence-corrected chi connectivity index (χ2v) is 6.01. The van der Waals surface area contributed by atoms with Gasteiger partial charge in [0.05, 0.1) is 0 Å². The summed E-state index contributed by atoms with van der Waals surface area (Å²) in [5, 5.41) is 10.6. The maximum atomic E-state index is 10.6. The Kier molecular flexibility index (Phi) is 4.48. The van der Waals surface area contributed by atoms with E-state index in [2.05, 4.69) is 11.8 Å². The lowest BCUT2D eigenvalue weighted by atomic mass is 9.93. The summed E-state index contributed by atoms with van der Waals surface area (Å²) in [5.74, 6) is 2.35. The van der Waals surface area contributed by atoms with Gasteiger partial charge in [0.2, 0.25) is 0 Å². The Morgan fingerprint density at radius 2 is 2.12 bits per heavy atom. The molecule has 1 aliphatic heterocycles. The van der Waals surface area contributed by atoms with Crippen molar-refractivity contribution in [3.05, 3.63) is 35.9 Å². The van der Waals surface area contributed by atoms with Crippen molar-refractivity contribution in [1.82, 2.24) is 4.90 Å². The summed E-state index contributed by atoms with van der Waals surface area (Å²) in [6, 6.07) is 10.1. The van der Waals surface area contributed by atoms with Crippen LogP contribution in [0.15, 0.2) is 30.3 Å². The molecule has 1 atom stereocenters. The van der Waals surface area contributed by atoms with Gasteiger partial charge in [-0.2, -0.15) is 11.8 Å². The smallest absolute Gasteiger partial charge is 0.103 e. The Balaban J connectivity index is 1.92. The number of hydrogen-bond acceptors (Lipinski definition) is 3. The van der Waals surface area contributed by atoms with Gasteiger partial charge in [-0.05, 0) is 17.7 Å². The molecule has 1 aromatic rings. The summed E-state index contributed by atoms with van der Waals surface area (Å²) in [4.78, 5) is 2.37. The first-order chi connectivity index (χ1) is 8.24. The van der Waals surface area contributed by atoms with Gasteiger partial charge >= 0.3 is 0 Å². The molecule has 1 fully saturated rings. The van der Waals surface area contributed by atoms with Gasteiger partial charge in [-0.3, -0.25) is 4.90 Å². The van der Waals surface area contributed by atoms with Gasteiger partial charge in [-0.15, -0.1) is 0 Å². The van der Waals surface area contributed by atoms with Crippen molar-refractivity contribution >= 4 is 11.8 Å². The molecule has 1 saturated heterocycles. The molecule has 2 rings (SSSR count). The first kappa shape index (κ1) is 12.9. The summed E-state index contributed by atoms with van der Waals surface area (Å²) in [7, 11) is 0. The van der Waals surface area contributed by atoms with E-state index in [9.17, 15) is 5.11 Å². The van der Waals surface area contributed by atoms with E-state index in [1.807, 2.05) is 42.1 Å². The zero-order valence-corrected chi connectivity index (χ0v) is 11.2. The van der Waals surface area contributed by atoms with Crippen LogP contribution < -0.4 is 0 Å². The monoisotopic (exact) mass is 251 g/mol. The van der Waals surface area contributed by atoms with E-state index in [1.54, 1.807) is 0 Å². The van der Waals surface area contributed by atoms with Crippen LogP contribution in [0.3, 0.4) is 0 Å². The van der Waals surface area contributed by atoms with Crippen molar-refractivity contribution in [2.45, 2.75) is 18.9 Å². The zero-order chi connectivity index (χ0) is 12.1. The van der Waals surface area contributed by atoms with Gasteiger partial charge in [0.15, 0.2) is 0 Å². The third kappa shape index (κ3) is 3.24. The van der Waals surface area contributed by atoms with Crippen LogP contribution >= 0.6 is 11.8 Å². The van der Waals surface area contributed by atoms with E-state index in [4.69, 9.17) is 0 Å².